The Kier molecular flexibility index (Phi) is 4.10. The molecule has 0 aliphatic carbocycles. The standard InChI is InChI=1S/C23H18N4O3/c1-14(28)2-3-15-4-6-20-18(8-15)23(12-29-22(24)27-23)19-9-16(5-7-21(19)30-20)17-10-25-13-26-11-17/h2-11,13H,12H2,1H3,(H2,24,27)/t23-/m1/s1. The van der Waals surface area contributed by atoms with Crippen LogP contribution < -0.4 is 10.5 Å². The zero-order chi connectivity index (χ0) is 20.7. The van der Waals surface area contributed by atoms with Gasteiger partial charge in [0, 0.05) is 29.1 Å². The predicted molar refractivity (Wildman–Crippen MR) is 112 cm³/mol. The van der Waals surface area contributed by atoms with Gasteiger partial charge in [-0.25, -0.2) is 15.0 Å². The topological polar surface area (TPSA) is 99.7 Å². The van der Waals surface area contributed by atoms with Crippen molar-refractivity contribution in [2.45, 2.75) is 12.5 Å². The fourth-order valence-electron chi connectivity index (χ4n) is 3.82. The highest BCUT2D eigenvalue weighted by Crippen LogP contribution is 2.51. The van der Waals surface area contributed by atoms with E-state index in [0.29, 0.717) is 11.5 Å². The molecule has 30 heavy (non-hydrogen) atoms. The molecular formula is C23H18N4O3. The number of carbonyl (C=O) groups excluding carboxylic acids is 1. The molecular weight excluding hydrogens is 380 g/mol. The maximum Gasteiger partial charge on any atom is 0.283 e. The third kappa shape index (κ3) is 2.91. The van der Waals surface area contributed by atoms with Crippen molar-refractivity contribution < 1.29 is 14.3 Å². The zero-order valence-corrected chi connectivity index (χ0v) is 16.2. The number of hydrogen-bond acceptors (Lipinski definition) is 7. The van der Waals surface area contributed by atoms with E-state index in [-0.39, 0.29) is 18.4 Å². The smallest absolute Gasteiger partial charge is 0.283 e. The number of nitrogens with zero attached hydrogens (tertiary/aromatic N) is 3. The highest BCUT2D eigenvalue weighted by molar-refractivity contribution is 5.91. The van der Waals surface area contributed by atoms with Crippen LogP contribution in [0.4, 0.5) is 0 Å². The Morgan fingerprint density at radius 3 is 2.50 bits per heavy atom. The minimum absolute atomic E-state index is 0.0229. The number of aliphatic imine (C=N–C) groups is 1. The molecule has 0 radical (unpaired) electrons. The van der Waals surface area contributed by atoms with Gasteiger partial charge in [0.2, 0.25) is 0 Å². The van der Waals surface area contributed by atoms with Gasteiger partial charge in [-0.05, 0) is 48.4 Å². The van der Waals surface area contributed by atoms with Gasteiger partial charge in [0.15, 0.2) is 11.3 Å². The number of carbonyl (C=O) groups is 1. The average molecular weight is 398 g/mol. The summed E-state index contributed by atoms with van der Waals surface area (Å²) in [6, 6.07) is 11.8. The molecule has 1 aromatic heterocycles. The fraction of sp³-hybridized carbons (Fsp3) is 0.130. The summed E-state index contributed by atoms with van der Waals surface area (Å²) in [5, 5.41) is 0. The van der Waals surface area contributed by atoms with Crippen molar-refractivity contribution in [3.05, 3.63) is 77.9 Å². The summed E-state index contributed by atoms with van der Waals surface area (Å²) >= 11 is 0. The van der Waals surface area contributed by atoms with Crippen molar-refractivity contribution in [3.8, 4) is 22.6 Å². The van der Waals surface area contributed by atoms with Crippen LogP contribution in [0.5, 0.6) is 11.5 Å². The molecule has 1 spiro atoms. The second kappa shape index (κ2) is 6.81. The van der Waals surface area contributed by atoms with Crippen molar-refractivity contribution >= 4 is 17.9 Å². The molecule has 0 saturated carbocycles. The summed E-state index contributed by atoms with van der Waals surface area (Å²) in [5.74, 6) is 1.35. The minimum atomic E-state index is -0.835. The van der Waals surface area contributed by atoms with E-state index in [0.717, 1.165) is 27.8 Å². The van der Waals surface area contributed by atoms with Crippen LogP contribution in [0, 0.1) is 0 Å². The Balaban J connectivity index is 1.69. The molecule has 2 aliphatic heterocycles. The quantitative estimate of drug-likeness (QED) is 0.679. The zero-order valence-electron chi connectivity index (χ0n) is 16.2. The monoisotopic (exact) mass is 398 g/mol. The molecule has 148 valence electrons. The fourth-order valence-corrected chi connectivity index (χ4v) is 3.82. The van der Waals surface area contributed by atoms with Gasteiger partial charge in [0.1, 0.15) is 24.4 Å². The minimum Gasteiger partial charge on any atom is -0.462 e. The SMILES string of the molecule is CC(=O)C=Cc1ccc2c(c1)[C@]1(COC(N)=N1)c1cc(-c3cncnc3)ccc1O2. The summed E-state index contributed by atoms with van der Waals surface area (Å²) in [6.45, 7) is 1.77. The lowest BCUT2D eigenvalue weighted by atomic mass is 9.80. The first kappa shape index (κ1) is 18.1. The van der Waals surface area contributed by atoms with Crippen molar-refractivity contribution in [1.82, 2.24) is 9.97 Å². The Morgan fingerprint density at radius 2 is 1.80 bits per heavy atom. The molecule has 2 aliphatic rings. The third-order valence-electron chi connectivity index (χ3n) is 5.23. The van der Waals surface area contributed by atoms with Gasteiger partial charge < -0.3 is 15.2 Å². The van der Waals surface area contributed by atoms with Crippen molar-refractivity contribution in [2.24, 2.45) is 10.7 Å². The number of nitrogens with two attached hydrogens (primary N) is 1. The van der Waals surface area contributed by atoms with Crippen molar-refractivity contribution in [3.63, 3.8) is 0 Å². The Labute approximate surface area is 172 Å². The number of aromatic nitrogens is 2. The van der Waals surface area contributed by atoms with E-state index >= 15 is 0 Å². The summed E-state index contributed by atoms with van der Waals surface area (Å²) in [6.07, 6.45) is 8.31. The van der Waals surface area contributed by atoms with Crippen LogP contribution in [-0.2, 0) is 15.1 Å². The Bertz CT molecular complexity index is 1220. The second-order valence-corrected chi connectivity index (χ2v) is 7.24. The summed E-state index contributed by atoms with van der Waals surface area (Å²) < 4.78 is 11.8. The number of allylic oxidation sites excluding steroid dienone is 1. The molecule has 3 heterocycles. The largest absolute Gasteiger partial charge is 0.462 e. The number of benzene rings is 2. The highest BCUT2D eigenvalue weighted by atomic mass is 16.5. The van der Waals surface area contributed by atoms with Crippen molar-refractivity contribution in [2.75, 3.05) is 6.61 Å². The lowest BCUT2D eigenvalue weighted by molar-refractivity contribution is -0.112. The maximum absolute atomic E-state index is 11.4. The van der Waals surface area contributed by atoms with Crippen LogP contribution >= 0.6 is 0 Å². The number of hydrogen-bond donors (Lipinski definition) is 1. The van der Waals surface area contributed by atoms with Crippen LogP contribution in [0.3, 0.4) is 0 Å². The van der Waals surface area contributed by atoms with E-state index in [2.05, 4.69) is 9.97 Å². The molecule has 0 saturated heterocycles. The lowest BCUT2D eigenvalue weighted by Gasteiger charge is -2.34. The first-order valence-corrected chi connectivity index (χ1v) is 9.44. The molecule has 2 N–H and O–H groups in total. The average Bonchev–Trinajstić information content (AvgIpc) is 3.15. The molecule has 3 aromatic rings. The number of rotatable bonds is 3. The molecule has 5 rings (SSSR count). The number of amidine groups is 1. The third-order valence-corrected chi connectivity index (χ3v) is 5.23. The van der Waals surface area contributed by atoms with Crippen LogP contribution in [0.15, 0.2) is 66.2 Å². The Hall–Kier alpha value is -4.00. The lowest BCUT2D eigenvalue weighted by Crippen LogP contribution is -2.31. The molecule has 0 amide bonds. The summed E-state index contributed by atoms with van der Waals surface area (Å²) in [7, 11) is 0. The van der Waals surface area contributed by atoms with Gasteiger partial charge in [0.25, 0.3) is 6.02 Å². The molecule has 2 aromatic carbocycles. The summed E-state index contributed by atoms with van der Waals surface area (Å²) in [4.78, 5) is 24.3. The van der Waals surface area contributed by atoms with Crippen LogP contribution in [0.1, 0.15) is 23.6 Å². The normalized spacial score (nSPS) is 19.0. The van der Waals surface area contributed by atoms with Crippen molar-refractivity contribution in [1.29, 1.82) is 0 Å². The van der Waals surface area contributed by atoms with Crippen LogP contribution in [-0.4, -0.2) is 28.4 Å². The first-order chi connectivity index (χ1) is 14.5. The molecule has 7 heteroatoms. The first-order valence-electron chi connectivity index (χ1n) is 9.44. The molecule has 0 bridgehead atoms. The van der Waals surface area contributed by atoms with E-state index in [9.17, 15) is 4.79 Å². The second-order valence-electron chi connectivity index (χ2n) is 7.24. The van der Waals surface area contributed by atoms with E-state index in [4.69, 9.17) is 20.2 Å². The molecule has 0 unspecified atom stereocenters. The van der Waals surface area contributed by atoms with Gasteiger partial charge in [-0.3, -0.25) is 4.79 Å². The van der Waals surface area contributed by atoms with E-state index in [1.165, 1.54) is 19.3 Å². The van der Waals surface area contributed by atoms with Gasteiger partial charge >= 0.3 is 0 Å². The molecule has 1 atom stereocenters. The molecule has 7 nitrogen and oxygen atoms in total. The summed E-state index contributed by atoms with van der Waals surface area (Å²) in [5.41, 5.74) is 9.49. The number of ketones is 1. The predicted octanol–water partition coefficient (Wildman–Crippen LogP) is 3.44. The van der Waals surface area contributed by atoms with Gasteiger partial charge in [-0.1, -0.05) is 18.2 Å². The van der Waals surface area contributed by atoms with E-state index in [1.807, 2.05) is 36.4 Å². The van der Waals surface area contributed by atoms with E-state index < -0.39 is 5.54 Å². The van der Waals surface area contributed by atoms with Gasteiger partial charge in [-0.15, -0.1) is 0 Å². The number of ether oxygens (including phenoxy) is 2. The number of fused-ring (bicyclic) bond motifs is 4. The van der Waals surface area contributed by atoms with Crippen LogP contribution in [0.25, 0.3) is 17.2 Å². The maximum atomic E-state index is 11.4. The van der Waals surface area contributed by atoms with Gasteiger partial charge in [-0.2, -0.15) is 0 Å². The van der Waals surface area contributed by atoms with Crippen LogP contribution in [0.2, 0.25) is 0 Å². The van der Waals surface area contributed by atoms with E-state index in [1.54, 1.807) is 18.5 Å². The highest BCUT2D eigenvalue weighted by Gasteiger charge is 2.47. The van der Waals surface area contributed by atoms with Gasteiger partial charge in [0.05, 0.1) is 0 Å². The Morgan fingerprint density at radius 1 is 1.07 bits per heavy atom. The molecule has 0 fully saturated rings.